The highest BCUT2D eigenvalue weighted by molar-refractivity contribution is 5.89. The van der Waals surface area contributed by atoms with Crippen molar-refractivity contribution in [2.75, 3.05) is 7.11 Å². The van der Waals surface area contributed by atoms with E-state index in [0.29, 0.717) is 18.7 Å². The van der Waals surface area contributed by atoms with Gasteiger partial charge in [0, 0.05) is 25.5 Å². The van der Waals surface area contributed by atoms with Crippen molar-refractivity contribution in [1.29, 1.82) is 0 Å². The maximum absolute atomic E-state index is 12.8. The summed E-state index contributed by atoms with van der Waals surface area (Å²) in [5.41, 5.74) is 8.40. The molecule has 0 saturated heterocycles. The Labute approximate surface area is 154 Å². The predicted molar refractivity (Wildman–Crippen MR) is 99.1 cm³/mol. The number of carbonyl (C=O) groups is 2. The Bertz CT molecular complexity index is 730. The van der Waals surface area contributed by atoms with Crippen LogP contribution in [-0.2, 0) is 22.6 Å². The number of hydrogen-bond donors (Lipinski definition) is 1. The molecule has 0 fully saturated rings. The Morgan fingerprint density at radius 3 is 2.31 bits per heavy atom. The molecule has 6 heteroatoms. The molecule has 138 valence electrons. The fourth-order valence-electron chi connectivity index (χ4n) is 2.50. The molecule has 2 N–H and O–H groups in total. The Hall–Kier alpha value is -2.73. The summed E-state index contributed by atoms with van der Waals surface area (Å²) >= 11 is 0. The molecular formula is C20H25N3O3. The van der Waals surface area contributed by atoms with E-state index in [1.807, 2.05) is 38.1 Å². The van der Waals surface area contributed by atoms with Crippen molar-refractivity contribution >= 4 is 11.9 Å². The van der Waals surface area contributed by atoms with E-state index in [4.69, 9.17) is 10.5 Å². The third kappa shape index (κ3) is 5.13. The summed E-state index contributed by atoms with van der Waals surface area (Å²) in [4.78, 5) is 30.2. The van der Waals surface area contributed by atoms with Crippen LogP contribution in [0.5, 0.6) is 0 Å². The van der Waals surface area contributed by atoms with Gasteiger partial charge in [-0.25, -0.2) is 4.79 Å². The number of amides is 1. The van der Waals surface area contributed by atoms with Crippen LogP contribution in [0.25, 0.3) is 0 Å². The standard InChI is InChI=1S/C20H25N3O3/c1-14(2)18(21)19(24)23(13-16-5-4-10-22-11-16)12-15-6-8-17(9-7-15)20(25)26-3/h4-11,14,18H,12-13,21H2,1-3H3/t18-/m0/s1. The monoisotopic (exact) mass is 355 g/mol. The molecular weight excluding hydrogens is 330 g/mol. The van der Waals surface area contributed by atoms with Gasteiger partial charge in [-0.3, -0.25) is 9.78 Å². The second kappa shape index (κ2) is 9.10. The fourth-order valence-corrected chi connectivity index (χ4v) is 2.50. The van der Waals surface area contributed by atoms with E-state index in [2.05, 4.69) is 4.98 Å². The molecule has 0 saturated carbocycles. The van der Waals surface area contributed by atoms with Gasteiger partial charge in [-0.15, -0.1) is 0 Å². The summed E-state index contributed by atoms with van der Waals surface area (Å²) in [5, 5.41) is 0. The topological polar surface area (TPSA) is 85.5 Å². The van der Waals surface area contributed by atoms with Crippen LogP contribution in [0.1, 0.15) is 35.3 Å². The summed E-state index contributed by atoms with van der Waals surface area (Å²) < 4.78 is 4.71. The summed E-state index contributed by atoms with van der Waals surface area (Å²) in [6, 6.07) is 10.2. The van der Waals surface area contributed by atoms with Gasteiger partial charge in [-0.05, 0) is 35.2 Å². The zero-order valence-corrected chi connectivity index (χ0v) is 15.4. The van der Waals surface area contributed by atoms with E-state index in [-0.39, 0.29) is 17.8 Å². The lowest BCUT2D eigenvalue weighted by atomic mass is 10.0. The molecule has 0 bridgehead atoms. The van der Waals surface area contributed by atoms with Gasteiger partial charge in [0.15, 0.2) is 0 Å². The maximum atomic E-state index is 12.8. The van der Waals surface area contributed by atoms with Crippen molar-refractivity contribution in [1.82, 2.24) is 9.88 Å². The largest absolute Gasteiger partial charge is 0.465 e. The second-order valence-electron chi connectivity index (χ2n) is 6.51. The predicted octanol–water partition coefficient (Wildman–Crippen LogP) is 2.38. The number of methoxy groups -OCH3 is 1. The number of nitrogens with zero attached hydrogens (tertiary/aromatic N) is 2. The Morgan fingerprint density at radius 2 is 1.77 bits per heavy atom. The number of nitrogens with two attached hydrogens (primary N) is 1. The highest BCUT2D eigenvalue weighted by Gasteiger charge is 2.24. The normalized spacial score (nSPS) is 11.9. The number of aromatic nitrogens is 1. The van der Waals surface area contributed by atoms with Crippen molar-refractivity contribution < 1.29 is 14.3 Å². The van der Waals surface area contributed by atoms with Crippen molar-refractivity contribution in [3.05, 3.63) is 65.5 Å². The van der Waals surface area contributed by atoms with Crippen molar-refractivity contribution in [2.24, 2.45) is 11.7 Å². The number of ether oxygens (including phenoxy) is 1. The SMILES string of the molecule is COC(=O)c1ccc(CN(Cc2cccnc2)C(=O)[C@@H](N)C(C)C)cc1. The van der Waals surface area contributed by atoms with E-state index in [0.717, 1.165) is 11.1 Å². The molecule has 0 spiro atoms. The first-order valence-corrected chi connectivity index (χ1v) is 8.53. The van der Waals surface area contributed by atoms with Gasteiger partial charge in [0.05, 0.1) is 18.7 Å². The van der Waals surface area contributed by atoms with Crippen LogP contribution in [0, 0.1) is 5.92 Å². The van der Waals surface area contributed by atoms with Crippen LogP contribution in [-0.4, -0.2) is 34.9 Å². The molecule has 26 heavy (non-hydrogen) atoms. The lowest BCUT2D eigenvalue weighted by Gasteiger charge is -2.27. The van der Waals surface area contributed by atoms with Gasteiger partial charge < -0.3 is 15.4 Å². The molecule has 1 aromatic heterocycles. The van der Waals surface area contributed by atoms with Crippen LogP contribution >= 0.6 is 0 Å². The maximum Gasteiger partial charge on any atom is 0.337 e. The van der Waals surface area contributed by atoms with E-state index < -0.39 is 6.04 Å². The molecule has 0 aliphatic carbocycles. The molecule has 0 aliphatic heterocycles. The third-order valence-electron chi connectivity index (χ3n) is 4.16. The van der Waals surface area contributed by atoms with Crippen LogP contribution in [0.2, 0.25) is 0 Å². The van der Waals surface area contributed by atoms with Crippen LogP contribution in [0.15, 0.2) is 48.8 Å². The van der Waals surface area contributed by atoms with Crippen molar-refractivity contribution in [2.45, 2.75) is 33.0 Å². The van der Waals surface area contributed by atoms with Crippen molar-refractivity contribution in [3.63, 3.8) is 0 Å². The number of pyridine rings is 1. The first-order chi connectivity index (χ1) is 12.4. The molecule has 1 atom stereocenters. The van der Waals surface area contributed by atoms with E-state index in [1.165, 1.54) is 7.11 Å². The summed E-state index contributed by atoms with van der Waals surface area (Å²) in [5.74, 6) is -0.455. The summed E-state index contributed by atoms with van der Waals surface area (Å²) in [6.45, 7) is 4.67. The van der Waals surface area contributed by atoms with Gasteiger partial charge in [-0.1, -0.05) is 32.0 Å². The first kappa shape index (κ1) is 19.6. The third-order valence-corrected chi connectivity index (χ3v) is 4.16. The van der Waals surface area contributed by atoms with Gasteiger partial charge >= 0.3 is 5.97 Å². The summed E-state index contributed by atoms with van der Waals surface area (Å²) in [7, 11) is 1.35. The number of rotatable bonds is 7. The lowest BCUT2D eigenvalue weighted by Crippen LogP contribution is -2.45. The average molecular weight is 355 g/mol. The van der Waals surface area contributed by atoms with Gasteiger partial charge in [0.25, 0.3) is 0 Å². The quantitative estimate of drug-likeness (QED) is 0.771. The molecule has 0 radical (unpaired) electrons. The van der Waals surface area contributed by atoms with E-state index in [1.54, 1.807) is 29.4 Å². The number of hydrogen-bond acceptors (Lipinski definition) is 5. The van der Waals surface area contributed by atoms with Crippen molar-refractivity contribution in [3.8, 4) is 0 Å². The minimum absolute atomic E-state index is 0.0422. The smallest absolute Gasteiger partial charge is 0.337 e. The zero-order valence-electron chi connectivity index (χ0n) is 15.4. The van der Waals surface area contributed by atoms with E-state index in [9.17, 15) is 9.59 Å². The second-order valence-corrected chi connectivity index (χ2v) is 6.51. The Morgan fingerprint density at radius 1 is 1.12 bits per heavy atom. The van der Waals surface area contributed by atoms with Crippen LogP contribution < -0.4 is 5.73 Å². The summed E-state index contributed by atoms with van der Waals surface area (Å²) in [6.07, 6.45) is 3.43. The molecule has 6 nitrogen and oxygen atoms in total. The average Bonchev–Trinajstić information content (AvgIpc) is 2.67. The fraction of sp³-hybridized carbons (Fsp3) is 0.350. The minimum atomic E-state index is -0.569. The highest BCUT2D eigenvalue weighted by atomic mass is 16.5. The van der Waals surface area contributed by atoms with Gasteiger partial charge in [0.1, 0.15) is 0 Å². The molecule has 1 aromatic carbocycles. The number of carbonyl (C=O) groups excluding carboxylic acids is 2. The first-order valence-electron chi connectivity index (χ1n) is 8.53. The Kier molecular flexibility index (Phi) is 6.86. The number of esters is 1. The molecule has 1 heterocycles. The zero-order chi connectivity index (χ0) is 19.1. The molecule has 2 aromatic rings. The highest BCUT2D eigenvalue weighted by Crippen LogP contribution is 2.14. The molecule has 0 unspecified atom stereocenters. The van der Waals surface area contributed by atoms with Crippen LogP contribution in [0.3, 0.4) is 0 Å². The molecule has 2 rings (SSSR count). The van der Waals surface area contributed by atoms with E-state index >= 15 is 0 Å². The van der Waals surface area contributed by atoms with Gasteiger partial charge in [-0.2, -0.15) is 0 Å². The van der Waals surface area contributed by atoms with Gasteiger partial charge in [0.2, 0.25) is 5.91 Å². The minimum Gasteiger partial charge on any atom is -0.465 e. The lowest BCUT2D eigenvalue weighted by molar-refractivity contribution is -0.134. The molecule has 0 aliphatic rings. The van der Waals surface area contributed by atoms with Crippen LogP contribution in [0.4, 0.5) is 0 Å². The molecule has 1 amide bonds. The Balaban J connectivity index is 2.20. The number of benzene rings is 1.